The van der Waals surface area contributed by atoms with Crippen molar-refractivity contribution in [3.05, 3.63) is 46.8 Å². The second-order valence-electron chi connectivity index (χ2n) is 10.2. The smallest absolute Gasteiger partial charge is 0.292 e. The van der Waals surface area contributed by atoms with Gasteiger partial charge in [0, 0.05) is 62.2 Å². The number of nitrogens with zero attached hydrogens (tertiary/aromatic N) is 4. The SMILES string of the molecule is CC(C)c1cc(C(=O)N2CCC(COc3ccc(Cl)cc3)(CC(=O)N3CCN(C)CC3)CC2)on1. The van der Waals surface area contributed by atoms with E-state index in [4.69, 9.17) is 20.9 Å². The maximum absolute atomic E-state index is 13.3. The Labute approximate surface area is 212 Å². The van der Waals surface area contributed by atoms with Gasteiger partial charge in [0.1, 0.15) is 5.75 Å². The maximum atomic E-state index is 13.3. The molecular weight excluding hydrogens is 468 g/mol. The van der Waals surface area contributed by atoms with Gasteiger partial charge in [-0.1, -0.05) is 30.6 Å². The van der Waals surface area contributed by atoms with Gasteiger partial charge in [0.2, 0.25) is 11.7 Å². The van der Waals surface area contributed by atoms with Crippen molar-refractivity contribution in [2.75, 3.05) is 52.9 Å². The van der Waals surface area contributed by atoms with Crippen molar-refractivity contribution in [3.8, 4) is 5.75 Å². The third-order valence-electron chi connectivity index (χ3n) is 7.18. The van der Waals surface area contributed by atoms with Gasteiger partial charge in [0.15, 0.2) is 0 Å². The van der Waals surface area contributed by atoms with Crippen molar-refractivity contribution >= 4 is 23.4 Å². The van der Waals surface area contributed by atoms with Gasteiger partial charge in [0.05, 0.1) is 12.3 Å². The molecule has 2 aliphatic rings. The van der Waals surface area contributed by atoms with Gasteiger partial charge in [-0.25, -0.2) is 0 Å². The van der Waals surface area contributed by atoms with Crippen molar-refractivity contribution < 1.29 is 18.8 Å². The summed E-state index contributed by atoms with van der Waals surface area (Å²) in [5, 5.41) is 4.67. The molecule has 2 aliphatic heterocycles. The standard InChI is InChI=1S/C26H35ClN4O4/c1-19(2)22-16-23(35-28-22)25(33)31-10-8-26(9-11-31,18-34-21-6-4-20(27)5-7-21)17-24(32)30-14-12-29(3)13-15-30/h4-7,16,19H,8-15,17-18H2,1-3H3. The summed E-state index contributed by atoms with van der Waals surface area (Å²) >= 11 is 6.01. The minimum Gasteiger partial charge on any atom is -0.493 e. The van der Waals surface area contributed by atoms with Crippen molar-refractivity contribution in [3.63, 3.8) is 0 Å². The van der Waals surface area contributed by atoms with Crippen LogP contribution in [0.1, 0.15) is 55.3 Å². The Bertz CT molecular complexity index is 1010. The summed E-state index contributed by atoms with van der Waals surface area (Å²) in [4.78, 5) is 32.3. The predicted molar refractivity (Wildman–Crippen MR) is 134 cm³/mol. The number of halogens is 1. The summed E-state index contributed by atoms with van der Waals surface area (Å²) in [6.07, 6.45) is 1.76. The van der Waals surface area contributed by atoms with E-state index in [0.29, 0.717) is 44.0 Å². The minimum atomic E-state index is -0.346. The highest BCUT2D eigenvalue weighted by molar-refractivity contribution is 6.30. The lowest BCUT2D eigenvalue weighted by molar-refractivity contribution is -0.136. The number of carbonyl (C=O) groups excluding carboxylic acids is 2. The van der Waals surface area contributed by atoms with Crippen molar-refractivity contribution in [1.29, 1.82) is 0 Å². The molecule has 35 heavy (non-hydrogen) atoms. The zero-order chi connectivity index (χ0) is 25.0. The number of rotatable bonds is 7. The van der Waals surface area contributed by atoms with Gasteiger partial charge in [-0.15, -0.1) is 0 Å². The quantitative estimate of drug-likeness (QED) is 0.571. The highest BCUT2D eigenvalue weighted by Gasteiger charge is 2.40. The van der Waals surface area contributed by atoms with Gasteiger partial charge in [-0.3, -0.25) is 9.59 Å². The van der Waals surface area contributed by atoms with Crippen LogP contribution in [-0.2, 0) is 4.79 Å². The van der Waals surface area contributed by atoms with Crippen molar-refractivity contribution in [2.45, 2.75) is 39.0 Å². The van der Waals surface area contributed by atoms with E-state index in [9.17, 15) is 9.59 Å². The third-order valence-corrected chi connectivity index (χ3v) is 7.43. The van der Waals surface area contributed by atoms with Crippen LogP contribution in [0, 0.1) is 5.41 Å². The molecule has 190 valence electrons. The predicted octanol–water partition coefficient (Wildman–Crippen LogP) is 3.92. The first-order valence-corrected chi connectivity index (χ1v) is 12.7. The number of likely N-dealkylation sites (tertiary alicyclic amines) is 1. The highest BCUT2D eigenvalue weighted by Crippen LogP contribution is 2.37. The Balaban J connectivity index is 1.43. The van der Waals surface area contributed by atoms with Crippen LogP contribution in [0.4, 0.5) is 0 Å². The van der Waals surface area contributed by atoms with Crippen LogP contribution >= 0.6 is 11.6 Å². The van der Waals surface area contributed by atoms with Crippen molar-refractivity contribution in [2.24, 2.45) is 5.41 Å². The third kappa shape index (κ3) is 6.35. The summed E-state index contributed by atoms with van der Waals surface area (Å²) in [6.45, 7) is 8.78. The topological polar surface area (TPSA) is 79.1 Å². The largest absolute Gasteiger partial charge is 0.493 e. The molecule has 9 heteroatoms. The molecule has 8 nitrogen and oxygen atoms in total. The average Bonchev–Trinajstić information content (AvgIpc) is 3.35. The number of piperazine rings is 1. The lowest BCUT2D eigenvalue weighted by Gasteiger charge is -2.42. The molecule has 0 radical (unpaired) electrons. The van der Waals surface area contributed by atoms with E-state index in [1.807, 2.05) is 30.9 Å². The molecule has 0 bridgehead atoms. The monoisotopic (exact) mass is 502 g/mol. The minimum absolute atomic E-state index is 0.151. The molecule has 0 spiro atoms. The Morgan fingerprint density at radius 1 is 1.06 bits per heavy atom. The molecule has 2 amide bonds. The lowest BCUT2D eigenvalue weighted by Crippen LogP contribution is -2.51. The Morgan fingerprint density at radius 3 is 2.31 bits per heavy atom. The zero-order valence-electron chi connectivity index (χ0n) is 20.8. The molecule has 0 aliphatic carbocycles. The Morgan fingerprint density at radius 2 is 1.71 bits per heavy atom. The van der Waals surface area contributed by atoms with Gasteiger partial charge in [0.25, 0.3) is 5.91 Å². The van der Waals surface area contributed by atoms with E-state index >= 15 is 0 Å². The lowest BCUT2D eigenvalue weighted by atomic mass is 9.75. The van der Waals surface area contributed by atoms with E-state index in [-0.39, 0.29) is 28.9 Å². The number of carbonyl (C=O) groups is 2. The number of aromatic nitrogens is 1. The molecule has 1 aromatic heterocycles. The second-order valence-corrected chi connectivity index (χ2v) is 10.6. The van der Waals surface area contributed by atoms with Crippen LogP contribution in [0.15, 0.2) is 34.9 Å². The van der Waals surface area contributed by atoms with Gasteiger partial charge in [-0.2, -0.15) is 0 Å². The molecule has 0 atom stereocenters. The fourth-order valence-electron chi connectivity index (χ4n) is 4.63. The molecule has 2 fully saturated rings. The molecule has 0 N–H and O–H groups in total. The molecular formula is C26H35ClN4O4. The second kappa shape index (κ2) is 11.0. The zero-order valence-corrected chi connectivity index (χ0v) is 21.6. The van der Waals surface area contributed by atoms with E-state index < -0.39 is 0 Å². The number of likely N-dealkylation sites (N-methyl/N-ethyl adjacent to an activating group) is 1. The first-order valence-electron chi connectivity index (χ1n) is 12.4. The normalized spacial score (nSPS) is 18.7. The van der Waals surface area contributed by atoms with E-state index in [1.165, 1.54) is 0 Å². The number of ether oxygens (including phenoxy) is 1. The summed E-state index contributed by atoms with van der Waals surface area (Å²) in [7, 11) is 2.08. The van der Waals surface area contributed by atoms with Crippen molar-refractivity contribution in [1.82, 2.24) is 19.9 Å². The molecule has 0 unspecified atom stereocenters. The molecule has 3 heterocycles. The Hall–Kier alpha value is -2.58. The van der Waals surface area contributed by atoms with Crippen LogP contribution in [-0.4, -0.2) is 84.6 Å². The highest BCUT2D eigenvalue weighted by atomic mass is 35.5. The van der Waals surface area contributed by atoms with Crippen LogP contribution in [0.3, 0.4) is 0 Å². The van der Waals surface area contributed by atoms with Gasteiger partial charge >= 0.3 is 0 Å². The maximum Gasteiger partial charge on any atom is 0.292 e. The van der Waals surface area contributed by atoms with Gasteiger partial charge < -0.3 is 24.0 Å². The number of hydrogen-bond acceptors (Lipinski definition) is 6. The molecule has 2 saturated heterocycles. The average molecular weight is 503 g/mol. The summed E-state index contributed by atoms with van der Waals surface area (Å²) in [5.41, 5.74) is 0.426. The molecule has 4 rings (SSSR count). The number of benzene rings is 1. The fourth-order valence-corrected chi connectivity index (χ4v) is 4.76. The summed E-state index contributed by atoms with van der Waals surface area (Å²) in [6, 6.07) is 9.00. The number of piperidine rings is 1. The molecule has 2 aromatic rings. The Kier molecular flexibility index (Phi) is 8.02. The van der Waals surface area contributed by atoms with Crippen LogP contribution < -0.4 is 4.74 Å². The number of amides is 2. The van der Waals surface area contributed by atoms with E-state index in [2.05, 4.69) is 17.1 Å². The number of hydrogen-bond donors (Lipinski definition) is 0. The first kappa shape index (κ1) is 25.5. The first-order chi connectivity index (χ1) is 16.7. The summed E-state index contributed by atoms with van der Waals surface area (Å²) < 4.78 is 11.5. The van der Waals surface area contributed by atoms with E-state index in [1.54, 1.807) is 23.1 Å². The molecule has 0 saturated carbocycles. The van der Waals surface area contributed by atoms with Crippen LogP contribution in [0.25, 0.3) is 0 Å². The summed E-state index contributed by atoms with van der Waals surface area (Å²) in [5.74, 6) is 1.20. The van der Waals surface area contributed by atoms with Crippen LogP contribution in [0.2, 0.25) is 5.02 Å². The van der Waals surface area contributed by atoms with Gasteiger partial charge in [-0.05, 0) is 50.1 Å². The van der Waals surface area contributed by atoms with E-state index in [0.717, 1.165) is 37.6 Å². The van der Waals surface area contributed by atoms with Crippen LogP contribution in [0.5, 0.6) is 5.75 Å². The fraction of sp³-hybridized carbons (Fsp3) is 0.577. The molecule has 1 aromatic carbocycles.